The SMILES string of the molecule is Nc1nc(C(F)(F)F)cc(N(Cc2ccccc2)Cc2ccccc2)c1[N+](=O)[O-]. The molecule has 3 aromatic rings. The summed E-state index contributed by atoms with van der Waals surface area (Å²) in [4.78, 5) is 15.5. The van der Waals surface area contributed by atoms with E-state index in [1.54, 1.807) is 60.7 Å². The Balaban J connectivity index is 2.14. The molecule has 0 spiro atoms. The average molecular weight is 402 g/mol. The fraction of sp³-hybridized carbons (Fsp3) is 0.150. The first-order valence-corrected chi connectivity index (χ1v) is 8.60. The van der Waals surface area contributed by atoms with E-state index in [0.717, 1.165) is 11.1 Å². The number of nitrogens with two attached hydrogens (primary N) is 1. The van der Waals surface area contributed by atoms with Gasteiger partial charge in [-0.3, -0.25) is 10.1 Å². The number of rotatable bonds is 6. The largest absolute Gasteiger partial charge is 0.433 e. The van der Waals surface area contributed by atoms with Crippen LogP contribution in [0.25, 0.3) is 0 Å². The van der Waals surface area contributed by atoms with Crippen molar-refractivity contribution < 1.29 is 18.1 Å². The molecule has 0 radical (unpaired) electrons. The number of pyridine rings is 1. The van der Waals surface area contributed by atoms with E-state index >= 15 is 0 Å². The van der Waals surface area contributed by atoms with Crippen molar-refractivity contribution in [2.45, 2.75) is 19.3 Å². The van der Waals surface area contributed by atoms with E-state index in [2.05, 4.69) is 4.98 Å². The van der Waals surface area contributed by atoms with E-state index in [4.69, 9.17) is 5.73 Å². The number of alkyl halides is 3. The Bertz CT molecular complexity index is 954. The molecule has 0 saturated heterocycles. The molecule has 6 nitrogen and oxygen atoms in total. The monoisotopic (exact) mass is 402 g/mol. The Hall–Kier alpha value is -3.62. The molecule has 0 amide bonds. The first-order valence-electron chi connectivity index (χ1n) is 8.60. The zero-order valence-electron chi connectivity index (χ0n) is 15.1. The summed E-state index contributed by atoms with van der Waals surface area (Å²) in [6, 6.07) is 18.6. The molecule has 0 aliphatic rings. The Morgan fingerprint density at radius 2 is 1.45 bits per heavy atom. The summed E-state index contributed by atoms with van der Waals surface area (Å²) in [5.41, 5.74) is 4.97. The van der Waals surface area contributed by atoms with Crippen molar-refractivity contribution in [3.8, 4) is 0 Å². The lowest BCUT2D eigenvalue weighted by atomic mass is 10.1. The molecular weight excluding hydrogens is 385 g/mol. The van der Waals surface area contributed by atoms with Gasteiger partial charge < -0.3 is 10.6 Å². The van der Waals surface area contributed by atoms with E-state index in [1.165, 1.54) is 4.90 Å². The van der Waals surface area contributed by atoms with Crippen molar-refractivity contribution in [2.75, 3.05) is 10.6 Å². The van der Waals surface area contributed by atoms with Gasteiger partial charge in [0.25, 0.3) is 0 Å². The molecule has 0 aliphatic heterocycles. The fourth-order valence-electron chi connectivity index (χ4n) is 2.95. The second-order valence-electron chi connectivity index (χ2n) is 6.34. The molecule has 1 heterocycles. The van der Waals surface area contributed by atoms with Gasteiger partial charge in [-0.05, 0) is 17.2 Å². The summed E-state index contributed by atoms with van der Waals surface area (Å²) in [5, 5.41) is 11.6. The number of nitrogens with zero attached hydrogens (tertiary/aromatic N) is 3. The predicted molar refractivity (Wildman–Crippen MR) is 103 cm³/mol. The third-order valence-electron chi connectivity index (χ3n) is 4.25. The summed E-state index contributed by atoms with van der Waals surface area (Å²) >= 11 is 0. The van der Waals surface area contributed by atoms with Gasteiger partial charge in [-0.1, -0.05) is 60.7 Å². The summed E-state index contributed by atoms with van der Waals surface area (Å²) in [6.45, 7) is 0.300. The average Bonchev–Trinajstić information content (AvgIpc) is 2.67. The Morgan fingerprint density at radius 1 is 0.966 bits per heavy atom. The molecular formula is C20H17F3N4O2. The Kier molecular flexibility index (Phi) is 5.67. The molecule has 3 rings (SSSR count). The zero-order valence-corrected chi connectivity index (χ0v) is 15.1. The minimum Gasteiger partial charge on any atom is -0.378 e. The molecule has 0 saturated carbocycles. The smallest absolute Gasteiger partial charge is 0.378 e. The molecule has 150 valence electrons. The van der Waals surface area contributed by atoms with E-state index in [1.807, 2.05) is 0 Å². The van der Waals surface area contributed by atoms with Crippen LogP contribution in [-0.2, 0) is 19.3 Å². The standard InChI is InChI=1S/C20H17F3N4O2/c21-20(22,23)17-11-16(18(27(28)29)19(24)25-17)26(12-14-7-3-1-4-8-14)13-15-9-5-2-6-10-15/h1-11H,12-13H2,(H2,24,25). The van der Waals surface area contributed by atoms with E-state index in [0.29, 0.717) is 6.07 Å². The van der Waals surface area contributed by atoms with Crippen LogP contribution in [0.5, 0.6) is 0 Å². The van der Waals surface area contributed by atoms with E-state index in [-0.39, 0.29) is 18.8 Å². The molecule has 2 aromatic carbocycles. The lowest BCUT2D eigenvalue weighted by Crippen LogP contribution is -2.25. The minimum atomic E-state index is -4.79. The molecule has 0 aliphatic carbocycles. The number of halogens is 3. The van der Waals surface area contributed by atoms with Crippen molar-refractivity contribution in [3.63, 3.8) is 0 Å². The van der Waals surface area contributed by atoms with Crippen molar-refractivity contribution in [1.29, 1.82) is 0 Å². The number of aromatic nitrogens is 1. The summed E-state index contributed by atoms with van der Waals surface area (Å²) in [7, 11) is 0. The van der Waals surface area contributed by atoms with Crippen LogP contribution in [0.2, 0.25) is 0 Å². The van der Waals surface area contributed by atoms with Crippen LogP contribution in [0.4, 0.5) is 30.4 Å². The van der Waals surface area contributed by atoms with Crippen molar-refractivity contribution in [2.24, 2.45) is 0 Å². The van der Waals surface area contributed by atoms with Gasteiger partial charge in [0.15, 0.2) is 0 Å². The molecule has 9 heteroatoms. The second kappa shape index (κ2) is 8.17. The number of hydrogen-bond donors (Lipinski definition) is 1. The highest BCUT2D eigenvalue weighted by Crippen LogP contribution is 2.39. The van der Waals surface area contributed by atoms with Gasteiger partial charge in [-0.2, -0.15) is 13.2 Å². The molecule has 0 atom stereocenters. The zero-order chi connectivity index (χ0) is 21.0. The van der Waals surface area contributed by atoms with E-state index < -0.39 is 28.3 Å². The highest BCUT2D eigenvalue weighted by Gasteiger charge is 2.37. The molecule has 29 heavy (non-hydrogen) atoms. The van der Waals surface area contributed by atoms with Crippen LogP contribution < -0.4 is 10.6 Å². The van der Waals surface area contributed by atoms with E-state index in [9.17, 15) is 23.3 Å². The highest BCUT2D eigenvalue weighted by molar-refractivity contribution is 5.73. The maximum absolute atomic E-state index is 13.3. The lowest BCUT2D eigenvalue weighted by Gasteiger charge is -2.26. The second-order valence-corrected chi connectivity index (χ2v) is 6.34. The van der Waals surface area contributed by atoms with Crippen LogP contribution in [0.1, 0.15) is 16.8 Å². The van der Waals surface area contributed by atoms with Gasteiger partial charge in [0.1, 0.15) is 11.4 Å². The maximum atomic E-state index is 13.3. The summed E-state index contributed by atoms with van der Waals surface area (Å²) in [6.07, 6.45) is -4.79. The van der Waals surface area contributed by atoms with Gasteiger partial charge in [0.2, 0.25) is 5.82 Å². The topological polar surface area (TPSA) is 85.3 Å². The first-order chi connectivity index (χ1) is 13.8. The van der Waals surface area contributed by atoms with Crippen LogP contribution >= 0.6 is 0 Å². The lowest BCUT2D eigenvalue weighted by molar-refractivity contribution is -0.383. The third-order valence-corrected chi connectivity index (χ3v) is 4.25. The molecule has 0 unspecified atom stereocenters. The van der Waals surface area contributed by atoms with Crippen LogP contribution in [-0.4, -0.2) is 9.91 Å². The number of nitro groups is 1. The quantitative estimate of drug-likeness (QED) is 0.473. The first kappa shape index (κ1) is 20.1. The predicted octanol–water partition coefficient (Wildman–Crippen LogP) is 4.80. The van der Waals surface area contributed by atoms with Crippen molar-refractivity contribution in [1.82, 2.24) is 4.98 Å². The normalized spacial score (nSPS) is 11.3. The fourth-order valence-corrected chi connectivity index (χ4v) is 2.95. The molecule has 0 bridgehead atoms. The van der Waals surface area contributed by atoms with Gasteiger partial charge in [0.05, 0.1) is 4.92 Å². The third kappa shape index (κ3) is 4.81. The van der Waals surface area contributed by atoms with Crippen molar-refractivity contribution >= 4 is 17.2 Å². The number of nitrogen functional groups attached to an aromatic ring is 1. The van der Waals surface area contributed by atoms with Crippen LogP contribution in [0.15, 0.2) is 66.7 Å². The molecule has 2 N–H and O–H groups in total. The summed E-state index contributed by atoms with van der Waals surface area (Å²) in [5.74, 6) is -0.772. The number of hydrogen-bond acceptors (Lipinski definition) is 5. The molecule has 0 fully saturated rings. The number of benzene rings is 2. The van der Waals surface area contributed by atoms with Gasteiger partial charge in [0, 0.05) is 13.1 Å². The van der Waals surface area contributed by atoms with Crippen LogP contribution in [0, 0.1) is 10.1 Å². The van der Waals surface area contributed by atoms with Gasteiger partial charge in [-0.15, -0.1) is 0 Å². The molecule has 1 aromatic heterocycles. The van der Waals surface area contributed by atoms with Crippen LogP contribution in [0.3, 0.4) is 0 Å². The Morgan fingerprint density at radius 3 is 1.86 bits per heavy atom. The van der Waals surface area contributed by atoms with Gasteiger partial charge in [-0.25, -0.2) is 4.98 Å². The Labute approximate surface area is 164 Å². The summed E-state index contributed by atoms with van der Waals surface area (Å²) < 4.78 is 39.9. The highest BCUT2D eigenvalue weighted by atomic mass is 19.4. The number of anilines is 2. The van der Waals surface area contributed by atoms with Crippen molar-refractivity contribution in [3.05, 3.63) is 93.7 Å². The minimum absolute atomic E-state index is 0.150. The van der Waals surface area contributed by atoms with Gasteiger partial charge >= 0.3 is 11.9 Å². The maximum Gasteiger partial charge on any atom is 0.433 e.